The molecule has 8 nitrogen and oxygen atoms in total. The maximum atomic E-state index is 17.3. The maximum absolute atomic E-state index is 17.3. The van der Waals surface area contributed by atoms with E-state index in [-0.39, 0.29) is 54.5 Å². The first-order valence-electron chi connectivity index (χ1n) is 16.2. The van der Waals surface area contributed by atoms with Gasteiger partial charge in [0.15, 0.2) is 11.6 Å². The van der Waals surface area contributed by atoms with Crippen LogP contribution in [0, 0.1) is 28.9 Å². The Bertz CT molecular complexity index is 1910. The predicted octanol–water partition coefficient (Wildman–Crippen LogP) is 7.08. The van der Waals surface area contributed by atoms with Crippen molar-refractivity contribution in [3.8, 4) is 22.9 Å². The molecule has 0 amide bonds. The summed E-state index contributed by atoms with van der Waals surface area (Å²) in [4.78, 5) is 14.9. The van der Waals surface area contributed by atoms with E-state index in [9.17, 15) is 5.26 Å². The number of anilines is 2. The molecule has 4 bridgehead atoms. The molecule has 0 radical (unpaired) electrons. The van der Waals surface area contributed by atoms with E-state index in [1.807, 2.05) is 0 Å². The molecule has 4 atom stereocenters. The number of fused-ring (bicyclic) bond motifs is 3. The molecule has 0 aliphatic carbocycles. The van der Waals surface area contributed by atoms with Gasteiger partial charge in [0.1, 0.15) is 34.0 Å². The van der Waals surface area contributed by atoms with Gasteiger partial charge in [-0.25, -0.2) is 18.7 Å². The second-order valence-corrected chi connectivity index (χ2v) is 14.5. The Morgan fingerprint density at radius 3 is 2.76 bits per heavy atom. The highest BCUT2D eigenvalue weighted by Crippen LogP contribution is 2.51. The fourth-order valence-corrected chi connectivity index (χ4v) is 9.47. The zero-order valence-electron chi connectivity index (χ0n) is 25.6. The molecule has 6 heterocycles. The lowest BCUT2D eigenvalue weighted by Gasteiger charge is -2.42. The highest BCUT2D eigenvalue weighted by atomic mass is 35.5. The van der Waals surface area contributed by atoms with Gasteiger partial charge in [0.25, 0.3) is 0 Å². The molecule has 4 aliphatic rings. The molecule has 240 valence electrons. The summed E-state index contributed by atoms with van der Waals surface area (Å²) in [6.45, 7) is 2.58. The average Bonchev–Trinajstić information content (AvgIpc) is 3.62. The van der Waals surface area contributed by atoms with Gasteiger partial charge < -0.3 is 25.0 Å². The molecule has 0 saturated carbocycles. The molecular weight excluding hydrogens is 630 g/mol. The number of halogens is 3. The zero-order valence-corrected chi connectivity index (χ0v) is 27.2. The van der Waals surface area contributed by atoms with Gasteiger partial charge in [-0.15, -0.1) is 11.3 Å². The maximum Gasteiger partial charge on any atom is 0.159 e. The number of hydrogen-bond acceptors (Lipinski definition) is 9. The first-order valence-corrected chi connectivity index (χ1v) is 17.4. The van der Waals surface area contributed by atoms with Crippen molar-refractivity contribution in [3.63, 3.8) is 0 Å². The number of hydrogen-bond donors (Lipinski definition) is 1. The minimum Gasteiger partial charge on any atom is -0.491 e. The summed E-state index contributed by atoms with van der Waals surface area (Å²) in [7, 11) is 2.19. The Balaban J connectivity index is 1.40. The normalized spacial score (nSPS) is 25.2. The molecule has 2 aromatic heterocycles. The first-order chi connectivity index (χ1) is 22.3. The number of nitriles is 1. The molecular formula is C34H35ClF2N6O2S. The first kappa shape index (κ1) is 30.1. The van der Waals surface area contributed by atoms with Gasteiger partial charge in [0.2, 0.25) is 0 Å². The van der Waals surface area contributed by atoms with E-state index in [0.29, 0.717) is 67.3 Å². The molecule has 4 aliphatic heterocycles. The van der Waals surface area contributed by atoms with E-state index in [0.717, 1.165) is 56.4 Å². The van der Waals surface area contributed by atoms with E-state index >= 15 is 8.78 Å². The van der Waals surface area contributed by atoms with Crippen LogP contribution >= 0.6 is 22.9 Å². The van der Waals surface area contributed by atoms with Crippen molar-refractivity contribution >= 4 is 54.7 Å². The molecule has 2 N–H and O–H groups in total. The van der Waals surface area contributed by atoms with Crippen LogP contribution in [-0.2, 0) is 11.2 Å². The van der Waals surface area contributed by atoms with E-state index in [2.05, 4.69) is 22.9 Å². The molecule has 2 saturated heterocycles. The van der Waals surface area contributed by atoms with Crippen molar-refractivity contribution in [3.05, 3.63) is 40.2 Å². The van der Waals surface area contributed by atoms with Crippen molar-refractivity contribution in [2.45, 2.75) is 69.6 Å². The molecule has 46 heavy (non-hydrogen) atoms. The second-order valence-electron chi connectivity index (χ2n) is 13.1. The second kappa shape index (κ2) is 11.7. The minimum atomic E-state index is -0.651. The van der Waals surface area contributed by atoms with Crippen LogP contribution in [0.25, 0.3) is 32.1 Å². The topological polar surface area (TPSA) is 101 Å². The molecule has 2 fully saturated rings. The fourth-order valence-electron chi connectivity index (χ4n) is 8.18. The van der Waals surface area contributed by atoms with Crippen LogP contribution in [0.4, 0.5) is 19.6 Å². The fraction of sp³-hybridized carbons (Fsp3) is 0.500. The molecule has 8 rings (SSSR count). The molecule has 4 unspecified atom stereocenters. The smallest absolute Gasteiger partial charge is 0.159 e. The van der Waals surface area contributed by atoms with Crippen LogP contribution in [-0.4, -0.2) is 66.4 Å². The van der Waals surface area contributed by atoms with Crippen LogP contribution in [0.1, 0.15) is 56.3 Å². The quantitative estimate of drug-likeness (QED) is 0.243. The van der Waals surface area contributed by atoms with Gasteiger partial charge >= 0.3 is 0 Å². The summed E-state index contributed by atoms with van der Waals surface area (Å²) in [6, 6.07) is 5.23. The van der Waals surface area contributed by atoms with Crippen molar-refractivity contribution in [2.24, 2.45) is 5.92 Å². The number of rotatable bonds is 2. The highest BCUT2D eigenvalue weighted by molar-refractivity contribution is 7.23. The van der Waals surface area contributed by atoms with E-state index in [4.69, 9.17) is 36.8 Å². The highest BCUT2D eigenvalue weighted by Gasteiger charge is 2.38. The number of benzene rings is 2. The molecule has 2 aromatic carbocycles. The summed E-state index contributed by atoms with van der Waals surface area (Å²) in [6.07, 6.45) is 7.81. The van der Waals surface area contributed by atoms with Gasteiger partial charge in [-0.3, -0.25) is 0 Å². The lowest BCUT2D eigenvalue weighted by molar-refractivity contribution is 0.00823. The number of thiophene rings is 1. The Labute approximate surface area is 275 Å². The zero-order chi connectivity index (χ0) is 31.7. The van der Waals surface area contributed by atoms with Gasteiger partial charge in [0, 0.05) is 36.4 Å². The number of likely N-dealkylation sites (tertiary alicyclic amines) is 1. The van der Waals surface area contributed by atoms with Gasteiger partial charge in [-0.1, -0.05) is 30.5 Å². The number of morpholine rings is 1. The van der Waals surface area contributed by atoms with Crippen molar-refractivity contribution in [1.29, 1.82) is 5.26 Å². The third-order valence-corrected chi connectivity index (χ3v) is 11.8. The van der Waals surface area contributed by atoms with Gasteiger partial charge in [-0.05, 0) is 56.8 Å². The number of ether oxygens (including phenoxy) is 2. The number of aromatic nitrogens is 2. The molecule has 12 heteroatoms. The third-order valence-electron chi connectivity index (χ3n) is 10.5. The summed E-state index contributed by atoms with van der Waals surface area (Å²) < 4.78 is 45.2. The number of nitrogens with two attached hydrogens (primary N) is 1. The van der Waals surface area contributed by atoms with Crippen molar-refractivity contribution < 1.29 is 18.3 Å². The lowest BCUT2D eigenvalue weighted by Crippen LogP contribution is -2.51. The summed E-state index contributed by atoms with van der Waals surface area (Å²) in [5.41, 5.74) is 6.65. The Morgan fingerprint density at radius 1 is 1.11 bits per heavy atom. The van der Waals surface area contributed by atoms with Crippen molar-refractivity contribution in [2.75, 3.05) is 44.0 Å². The van der Waals surface area contributed by atoms with Gasteiger partial charge in [-0.2, -0.15) is 5.26 Å². The SMILES string of the molecule is CN1CCCC1C1CCCCC2CN3c4nc(nc5c(F)c(-c6ccc(F)c7sc(N)c(C#N)c67)c(Cl)c(c45)OCCC3CO2)C1. The Hall–Kier alpha value is -3.30. The van der Waals surface area contributed by atoms with E-state index in [1.165, 1.54) is 12.1 Å². The number of nitrogen functional groups attached to an aromatic ring is 1. The van der Waals surface area contributed by atoms with Crippen LogP contribution in [0.15, 0.2) is 12.1 Å². The molecule has 0 spiro atoms. The minimum absolute atomic E-state index is 0.0141. The predicted molar refractivity (Wildman–Crippen MR) is 177 cm³/mol. The molecule has 4 aromatic rings. The lowest BCUT2D eigenvalue weighted by atomic mass is 9.88. The van der Waals surface area contributed by atoms with Crippen molar-refractivity contribution in [1.82, 2.24) is 14.9 Å². The monoisotopic (exact) mass is 664 g/mol. The van der Waals surface area contributed by atoms with Gasteiger partial charge in [0.05, 0.1) is 46.0 Å². The van der Waals surface area contributed by atoms with E-state index < -0.39 is 11.6 Å². The summed E-state index contributed by atoms with van der Waals surface area (Å²) in [5.74, 6) is 0.656. The third kappa shape index (κ3) is 4.79. The Kier molecular flexibility index (Phi) is 7.67. The number of nitrogens with zero attached hydrogens (tertiary/aromatic N) is 5. The summed E-state index contributed by atoms with van der Waals surface area (Å²) >= 11 is 8.08. The Morgan fingerprint density at radius 2 is 1.96 bits per heavy atom. The van der Waals surface area contributed by atoms with Crippen LogP contribution in [0.3, 0.4) is 0 Å². The standard InChI is InChI=1S/C34H35ClF2N6O2S/c1-42-11-4-7-23(42)17-5-2-3-6-19-15-43-18(16-45-19)10-12-44-31-27-30(40-24(13-17)41-34(27)43)29(37)26(28(31)35)20-8-9-22(36)32-25(20)21(14-38)33(39)46-32/h8-9,17-19,23H,2-7,10-13,15-16,39H2,1H3. The van der Waals surface area contributed by atoms with Crippen LogP contribution < -0.4 is 15.4 Å². The summed E-state index contributed by atoms with van der Waals surface area (Å²) in [5, 5.41) is 10.8. The largest absolute Gasteiger partial charge is 0.491 e. The van der Waals surface area contributed by atoms with Crippen LogP contribution in [0.5, 0.6) is 5.75 Å². The van der Waals surface area contributed by atoms with Crippen LogP contribution in [0.2, 0.25) is 5.02 Å². The average molecular weight is 665 g/mol. The van der Waals surface area contributed by atoms with E-state index in [1.54, 1.807) is 0 Å².